The maximum atomic E-state index is 13.0. The van der Waals surface area contributed by atoms with Gasteiger partial charge < -0.3 is 19.5 Å². The molecular weight excluding hydrogens is 370 g/mol. The number of H-pyrrole nitrogens is 1. The summed E-state index contributed by atoms with van der Waals surface area (Å²) in [5.41, 5.74) is 2.31. The van der Waals surface area contributed by atoms with Gasteiger partial charge in [-0.3, -0.25) is 9.59 Å². The van der Waals surface area contributed by atoms with Gasteiger partial charge >= 0.3 is 6.09 Å². The molecule has 7 nitrogen and oxygen atoms in total. The quantitative estimate of drug-likeness (QED) is 0.785. The van der Waals surface area contributed by atoms with Crippen LogP contribution in [-0.2, 0) is 4.74 Å². The number of carbonyl (C=O) groups excluding carboxylic acids is 3. The highest BCUT2D eigenvalue weighted by atomic mass is 16.6. The number of piperidine rings is 1. The summed E-state index contributed by atoms with van der Waals surface area (Å²) in [6, 6.07) is 0.132. The Bertz CT molecular complexity index is 829. The molecule has 1 aliphatic carbocycles. The van der Waals surface area contributed by atoms with Gasteiger partial charge in [0.25, 0.3) is 5.91 Å². The van der Waals surface area contributed by atoms with Crippen LogP contribution in [0.3, 0.4) is 0 Å². The van der Waals surface area contributed by atoms with E-state index in [0.29, 0.717) is 30.9 Å². The number of hydrogen-bond donors (Lipinski definition) is 1. The Kier molecular flexibility index (Phi) is 5.17. The first-order chi connectivity index (χ1) is 13.8. The summed E-state index contributed by atoms with van der Waals surface area (Å²) in [6.45, 7) is 7.08. The van der Waals surface area contributed by atoms with Gasteiger partial charge in [0.1, 0.15) is 11.3 Å². The van der Waals surface area contributed by atoms with Crippen molar-refractivity contribution >= 4 is 17.8 Å². The number of ether oxygens (including phenoxy) is 1. The molecule has 1 aromatic heterocycles. The van der Waals surface area contributed by atoms with Gasteiger partial charge in [0.05, 0.1) is 6.54 Å². The molecule has 2 amide bonds. The molecule has 3 aliphatic rings. The predicted molar refractivity (Wildman–Crippen MR) is 108 cm³/mol. The largest absolute Gasteiger partial charge is 0.441 e. The molecule has 0 unspecified atom stereocenters. The minimum absolute atomic E-state index is 0.0294. The van der Waals surface area contributed by atoms with Crippen LogP contribution in [0.1, 0.15) is 84.0 Å². The number of aromatic nitrogens is 1. The molecule has 2 saturated heterocycles. The number of Topliss-reactive ketones (excluding diaryl/α,β-unsaturated/α-hetero) is 1. The second-order valence-electron chi connectivity index (χ2n) is 8.94. The molecule has 2 aliphatic heterocycles. The summed E-state index contributed by atoms with van der Waals surface area (Å²) in [7, 11) is 0. The molecule has 158 valence electrons. The van der Waals surface area contributed by atoms with Crippen molar-refractivity contribution in [3.05, 3.63) is 22.5 Å². The number of aromatic amines is 1. The summed E-state index contributed by atoms with van der Waals surface area (Å²) < 4.78 is 5.82. The zero-order chi connectivity index (χ0) is 20.8. The van der Waals surface area contributed by atoms with Gasteiger partial charge in [-0.1, -0.05) is 6.42 Å². The summed E-state index contributed by atoms with van der Waals surface area (Å²) in [5.74, 6) is -0.0949. The van der Waals surface area contributed by atoms with E-state index in [1.165, 1.54) is 13.3 Å². The average molecular weight is 402 g/mol. The van der Waals surface area contributed by atoms with Crippen LogP contribution in [-0.4, -0.2) is 63.8 Å². The summed E-state index contributed by atoms with van der Waals surface area (Å²) in [5, 5.41) is 0. The fourth-order valence-electron chi connectivity index (χ4n) is 5.42. The zero-order valence-electron chi connectivity index (χ0n) is 17.7. The highest BCUT2D eigenvalue weighted by Gasteiger charge is 2.48. The van der Waals surface area contributed by atoms with E-state index in [1.54, 1.807) is 0 Å². The van der Waals surface area contributed by atoms with Crippen LogP contribution in [0.15, 0.2) is 0 Å². The number of hydrogen-bond acceptors (Lipinski definition) is 4. The van der Waals surface area contributed by atoms with Crippen LogP contribution >= 0.6 is 0 Å². The maximum absolute atomic E-state index is 13.0. The van der Waals surface area contributed by atoms with Crippen molar-refractivity contribution < 1.29 is 19.1 Å². The first kappa shape index (κ1) is 20.0. The van der Waals surface area contributed by atoms with Crippen LogP contribution in [0.25, 0.3) is 0 Å². The molecule has 3 fully saturated rings. The van der Waals surface area contributed by atoms with Crippen molar-refractivity contribution in [2.45, 2.75) is 77.4 Å². The fraction of sp³-hybridized carbons (Fsp3) is 0.682. The summed E-state index contributed by atoms with van der Waals surface area (Å²) in [6.07, 6.45) is 6.76. The second kappa shape index (κ2) is 7.50. The van der Waals surface area contributed by atoms with Crippen molar-refractivity contribution in [2.24, 2.45) is 0 Å². The standard InChI is InChI=1S/C22H31N3O4/c1-14-18(16(3)26)15(2)23-19(14)20(27)24-11-7-17(8-12-24)25-13-22(29-21(25)28)9-5-4-6-10-22/h17,23H,4-13H2,1-3H3. The van der Waals surface area contributed by atoms with Gasteiger partial charge in [0.2, 0.25) is 0 Å². The van der Waals surface area contributed by atoms with E-state index in [9.17, 15) is 14.4 Å². The van der Waals surface area contributed by atoms with Crippen molar-refractivity contribution in [3.8, 4) is 0 Å². The van der Waals surface area contributed by atoms with Crippen molar-refractivity contribution in [1.29, 1.82) is 0 Å². The molecule has 1 spiro atoms. The van der Waals surface area contributed by atoms with Gasteiger partial charge in [-0.25, -0.2) is 4.79 Å². The zero-order valence-corrected chi connectivity index (χ0v) is 17.7. The van der Waals surface area contributed by atoms with E-state index in [-0.39, 0.29) is 29.4 Å². The monoisotopic (exact) mass is 401 g/mol. The number of rotatable bonds is 3. The number of nitrogens with one attached hydrogen (secondary N) is 1. The Balaban J connectivity index is 1.40. The highest BCUT2D eigenvalue weighted by molar-refractivity contribution is 6.02. The molecule has 0 bridgehead atoms. The van der Waals surface area contributed by atoms with Crippen LogP contribution in [0.2, 0.25) is 0 Å². The van der Waals surface area contributed by atoms with Gasteiger partial charge in [0, 0.05) is 30.4 Å². The molecule has 1 N–H and O–H groups in total. The topological polar surface area (TPSA) is 82.7 Å². The van der Waals surface area contributed by atoms with Crippen molar-refractivity contribution in [3.63, 3.8) is 0 Å². The SMILES string of the molecule is CC(=O)c1c(C)[nH]c(C(=O)N2CCC(N3CC4(CCCCC4)OC3=O)CC2)c1C. The smallest absolute Gasteiger partial charge is 0.410 e. The predicted octanol–water partition coefficient (Wildman–Crippen LogP) is 3.59. The lowest BCUT2D eigenvalue weighted by molar-refractivity contribution is 0.0259. The third kappa shape index (κ3) is 3.55. The lowest BCUT2D eigenvalue weighted by Crippen LogP contribution is -2.48. The van der Waals surface area contributed by atoms with Crippen LogP contribution in [0, 0.1) is 13.8 Å². The molecule has 7 heteroatoms. The van der Waals surface area contributed by atoms with E-state index in [0.717, 1.165) is 49.8 Å². The van der Waals surface area contributed by atoms with E-state index < -0.39 is 0 Å². The minimum atomic E-state index is -0.274. The van der Waals surface area contributed by atoms with E-state index in [1.807, 2.05) is 23.6 Å². The summed E-state index contributed by atoms with van der Waals surface area (Å²) >= 11 is 0. The Morgan fingerprint density at radius 2 is 1.76 bits per heavy atom. The van der Waals surface area contributed by atoms with Gasteiger partial charge in [-0.2, -0.15) is 0 Å². The van der Waals surface area contributed by atoms with E-state index in [2.05, 4.69) is 4.98 Å². The Hall–Kier alpha value is -2.31. The Morgan fingerprint density at radius 1 is 1.10 bits per heavy atom. The Morgan fingerprint density at radius 3 is 2.34 bits per heavy atom. The lowest BCUT2D eigenvalue weighted by atomic mass is 9.84. The van der Waals surface area contributed by atoms with Crippen LogP contribution in [0.5, 0.6) is 0 Å². The first-order valence-corrected chi connectivity index (χ1v) is 10.8. The third-order valence-electron chi connectivity index (χ3n) is 6.96. The molecule has 0 aromatic carbocycles. The van der Waals surface area contributed by atoms with Crippen LogP contribution in [0.4, 0.5) is 4.79 Å². The van der Waals surface area contributed by atoms with Gasteiger partial charge in [-0.05, 0) is 64.9 Å². The minimum Gasteiger partial charge on any atom is -0.441 e. The first-order valence-electron chi connectivity index (χ1n) is 10.8. The summed E-state index contributed by atoms with van der Waals surface area (Å²) in [4.78, 5) is 44.2. The number of ketones is 1. The number of nitrogens with zero attached hydrogens (tertiary/aromatic N) is 2. The normalized spacial score (nSPS) is 22.2. The van der Waals surface area contributed by atoms with Gasteiger partial charge in [0.15, 0.2) is 5.78 Å². The van der Waals surface area contributed by atoms with Gasteiger partial charge in [-0.15, -0.1) is 0 Å². The van der Waals surface area contributed by atoms with E-state index >= 15 is 0 Å². The molecule has 1 saturated carbocycles. The fourth-order valence-corrected chi connectivity index (χ4v) is 5.42. The van der Waals surface area contributed by atoms with Crippen LogP contribution < -0.4 is 0 Å². The average Bonchev–Trinajstić information content (AvgIpc) is 3.17. The van der Waals surface area contributed by atoms with Crippen molar-refractivity contribution in [1.82, 2.24) is 14.8 Å². The molecule has 3 heterocycles. The maximum Gasteiger partial charge on any atom is 0.410 e. The van der Waals surface area contributed by atoms with Crippen molar-refractivity contribution in [2.75, 3.05) is 19.6 Å². The molecule has 29 heavy (non-hydrogen) atoms. The number of carbonyl (C=O) groups is 3. The lowest BCUT2D eigenvalue weighted by Gasteiger charge is -2.36. The molecule has 1 aromatic rings. The highest BCUT2D eigenvalue weighted by Crippen LogP contribution is 2.38. The molecule has 4 rings (SSSR count). The van der Waals surface area contributed by atoms with E-state index in [4.69, 9.17) is 4.74 Å². The number of aryl methyl sites for hydroxylation is 1. The third-order valence-corrected chi connectivity index (χ3v) is 6.96. The number of likely N-dealkylation sites (tertiary alicyclic amines) is 1. The molecular formula is C22H31N3O4. The Labute approximate surface area is 171 Å². The second-order valence-corrected chi connectivity index (χ2v) is 8.94. The molecule has 0 atom stereocenters. The number of amides is 2. The molecule has 0 radical (unpaired) electrons.